The maximum Gasteiger partial charge on any atom is 0.252 e. The Bertz CT molecular complexity index is 871. The van der Waals surface area contributed by atoms with Gasteiger partial charge in [0.25, 0.3) is 5.91 Å². The topological polar surface area (TPSA) is 100 Å². The van der Waals surface area contributed by atoms with Crippen molar-refractivity contribution in [1.82, 2.24) is 10.7 Å². The minimum atomic E-state index is -0.200. The number of phenolic OH excluding ortho intramolecular Hbond substituents is 1. The molecule has 2 aromatic rings. The fraction of sp³-hybridized carbons (Fsp3) is 0.286. The number of hydrazone groups is 1. The molecule has 0 heterocycles. The van der Waals surface area contributed by atoms with E-state index in [0.29, 0.717) is 41.3 Å². The first kappa shape index (κ1) is 22.2. The first-order valence-electron chi connectivity index (χ1n) is 9.23. The molecule has 0 spiro atoms. The van der Waals surface area contributed by atoms with Crippen LogP contribution in [0.15, 0.2) is 47.6 Å². The molecule has 3 N–H and O–H groups in total. The van der Waals surface area contributed by atoms with Gasteiger partial charge in [-0.1, -0.05) is 30.2 Å². The van der Waals surface area contributed by atoms with Crippen molar-refractivity contribution in [2.45, 2.75) is 25.7 Å². The van der Waals surface area contributed by atoms with Gasteiger partial charge in [-0.15, -0.1) is 0 Å². The number of hydrogen-bond donors (Lipinski definition) is 3. The number of unbranched alkanes of at least 4 members (excludes halogenated alkanes) is 2. The van der Waals surface area contributed by atoms with Gasteiger partial charge >= 0.3 is 0 Å². The van der Waals surface area contributed by atoms with Crippen molar-refractivity contribution in [2.75, 3.05) is 13.7 Å². The van der Waals surface area contributed by atoms with Crippen molar-refractivity contribution in [1.29, 1.82) is 0 Å². The highest BCUT2D eigenvalue weighted by atomic mass is 35.5. The Balaban J connectivity index is 1.60. The van der Waals surface area contributed by atoms with Crippen molar-refractivity contribution in [2.24, 2.45) is 5.10 Å². The van der Waals surface area contributed by atoms with E-state index in [2.05, 4.69) is 15.8 Å². The minimum absolute atomic E-state index is 0.0386. The van der Waals surface area contributed by atoms with Crippen LogP contribution in [0.1, 0.15) is 41.6 Å². The van der Waals surface area contributed by atoms with Crippen LogP contribution in [0, 0.1) is 0 Å². The molecule has 2 rings (SSSR count). The summed E-state index contributed by atoms with van der Waals surface area (Å²) in [6.45, 7) is 0.520. The number of carbonyl (C=O) groups excluding carboxylic acids is 2. The molecule has 0 atom stereocenters. The van der Waals surface area contributed by atoms with Gasteiger partial charge in [0.15, 0.2) is 11.5 Å². The predicted molar refractivity (Wildman–Crippen MR) is 113 cm³/mol. The summed E-state index contributed by atoms with van der Waals surface area (Å²) >= 11 is 5.99. The SMILES string of the molecule is COc1cc(C=NNC(=O)CCCCCNC(=O)c2ccccc2Cl)ccc1O. The molecule has 0 saturated heterocycles. The van der Waals surface area contributed by atoms with Crippen molar-refractivity contribution < 1.29 is 19.4 Å². The smallest absolute Gasteiger partial charge is 0.252 e. The van der Waals surface area contributed by atoms with Gasteiger partial charge in [0.1, 0.15) is 0 Å². The average molecular weight is 418 g/mol. The van der Waals surface area contributed by atoms with Gasteiger partial charge in [0.05, 0.1) is 23.9 Å². The van der Waals surface area contributed by atoms with Gasteiger partial charge < -0.3 is 15.2 Å². The van der Waals surface area contributed by atoms with E-state index in [1.807, 2.05) is 0 Å². The van der Waals surface area contributed by atoms with Gasteiger partial charge in [-0.3, -0.25) is 9.59 Å². The van der Waals surface area contributed by atoms with Crippen LogP contribution in [0.4, 0.5) is 0 Å². The second-order valence-electron chi connectivity index (χ2n) is 6.27. The van der Waals surface area contributed by atoms with E-state index in [9.17, 15) is 14.7 Å². The van der Waals surface area contributed by atoms with E-state index in [0.717, 1.165) is 12.8 Å². The standard InChI is InChI=1S/C21H24ClN3O4/c1-29-19-13-15(10-11-18(19)26)14-24-25-20(27)9-3-2-6-12-23-21(28)16-7-4-5-8-17(16)22/h4-5,7-8,10-11,13-14,26H,2-3,6,9,12H2,1H3,(H,23,28)(H,25,27). The first-order chi connectivity index (χ1) is 14.0. The summed E-state index contributed by atoms with van der Waals surface area (Å²) in [6, 6.07) is 11.7. The Labute approximate surface area is 174 Å². The van der Waals surface area contributed by atoms with E-state index in [1.54, 1.807) is 36.4 Å². The summed E-state index contributed by atoms with van der Waals surface area (Å²) in [5.41, 5.74) is 3.61. The highest BCUT2D eigenvalue weighted by Crippen LogP contribution is 2.25. The third-order valence-corrected chi connectivity index (χ3v) is 4.42. The molecule has 8 heteroatoms. The van der Waals surface area contributed by atoms with Gasteiger partial charge in [0.2, 0.25) is 5.91 Å². The molecule has 0 aliphatic carbocycles. The fourth-order valence-electron chi connectivity index (χ4n) is 2.54. The zero-order valence-corrected chi connectivity index (χ0v) is 16.9. The summed E-state index contributed by atoms with van der Waals surface area (Å²) in [4.78, 5) is 23.8. The number of rotatable bonds is 10. The number of nitrogens with one attached hydrogen (secondary N) is 2. The number of methoxy groups -OCH3 is 1. The number of benzene rings is 2. The second kappa shape index (κ2) is 11.7. The summed E-state index contributed by atoms with van der Waals surface area (Å²) < 4.78 is 5.01. The Kier molecular flexibility index (Phi) is 8.98. The van der Waals surface area contributed by atoms with E-state index in [1.165, 1.54) is 19.4 Å². The van der Waals surface area contributed by atoms with E-state index in [4.69, 9.17) is 16.3 Å². The third kappa shape index (κ3) is 7.46. The van der Waals surface area contributed by atoms with E-state index in [-0.39, 0.29) is 17.6 Å². The molecule has 0 aliphatic rings. The largest absolute Gasteiger partial charge is 0.504 e. The number of nitrogens with zero attached hydrogens (tertiary/aromatic N) is 1. The maximum absolute atomic E-state index is 12.0. The first-order valence-corrected chi connectivity index (χ1v) is 9.60. The van der Waals surface area contributed by atoms with Gasteiger partial charge in [-0.25, -0.2) is 5.43 Å². The molecular formula is C21H24ClN3O4. The van der Waals surface area contributed by atoms with Crippen LogP contribution in [0.5, 0.6) is 11.5 Å². The second-order valence-corrected chi connectivity index (χ2v) is 6.68. The van der Waals surface area contributed by atoms with Crippen molar-refractivity contribution in [3.05, 3.63) is 58.6 Å². The van der Waals surface area contributed by atoms with Crippen molar-refractivity contribution >= 4 is 29.6 Å². The molecule has 2 aromatic carbocycles. The Hall–Kier alpha value is -3.06. The molecule has 0 unspecified atom stereocenters. The lowest BCUT2D eigenvalue weighted by Gasteiger charge is -2.06. The average Bonchev–Trinajstić information content (AvgIpc) is 2.72. The Morgan fingerprint density at radius 3 is 2.72 bits per heavy atom. The van der Waals surface area contributed by atoms with E-state index >= 15 is 0 Å². The third-order valence-electron chi connectivity index (χ3n) is 4.09. The van der Waals surface area contributed by atoms with Crippen LogP contribution in [0.25, 0.3) is 0 Å². The van der Waals surface area contributed by atoms with Crippen LogP contribution in [0.3, 0.4) is 0 Å². The summed E-state index contributed by atoms with van der Waals surface area (Å²) in [5, 5.41) is 16.7. The number of carbonyl (C=O) groups is 2. The van der Waals surface area contributed by atoms with Gasteiger partial charge in [0, 0.05) is 13.0 Å². The highest BCUT2D eigenvalue weighted by molar-refractivity contribution is 6.33. The molecule has 0 radical (unpaired) electrons. The van der Waals surface area contributed by atoms with Crippen LogP contribution in [-0.4, -0.2) is 36.8 Å². The lowest BCUT2D eigenvalue weighted by Crippen LogP contribution is -2.24. The number of halogens is 1. The number of aromatic hydroxyl groups is 1. The quantitative estimate of drug-likeness (QED) is 0.313. The van der Waals surface area contributed by atoms with Gasteiger partial charge in [-0.2, -0.15) is 5.10 Å². The van der Waals surface area contributed by atoms with Gasteiger partial charge in [-0.05, 0) is 48.7 Å². The molecular weight excluding hydrogens is 394 g/mol. The van der Waals surface area contributed by atoms with Crippen LogP contribution >= 0.6 is 11.6 Å². The summed E-state index contributed by atoms with van der Waals surface area (Å²) in [5.74, 6) is -0.0146. The minimum Gasteiger partial charge on any atom is -0.504 e. The number of amides is 2. The van der Waals surface area contributed by atoms with Crippen LogP contribution in [0.2, 0.25) is 5.02 Å². The summed E-state index contributed by atoms with van der Waals surface area (Å²) in [7, 11) is 1.46. The van der Waals surface area contributed by atoms with Crippen LogP contribution in [-0.2, 0) is 4.79 Å². The lowest BCUT2D eigenvalue weighted by atomic mass is 10.1. The number of hydrogen-bond acceptors (Lipinski definition) is 5. The molecule has 2 amide bonds. The molecule has 0 fully saturated rings. The highest BCUT2D eigenvalue weighted by Gasteiger charge is 2.08. The Morgan fingerprint density at radius 2 is 1.97 bits per heavy atom. The zero-order chi connectivity index (χ0) is 21.1. The molecule has 0 saturated carbocycles. The molecule has 7 nitrogen and oxygen atoms in total. The van der Waals surface area contributed by atoms with Crippen molar-refractivity contribution in [3.63, 3.8) is 0 Å². The molecule has 154 valence electrons. The molecule has 0 aliphatic heterocycles. The molecule has 0 aromatic heterocycles. The molecule has 29 heavy (non-hydrogen) atoms. The number of ether oxygens (including phenoxy) is 1. The predicted octanol–water partition coefficient (Wildman–Crippen LogP) is 3.49. The molecule has 0 bridgehead atoms. The normalized spacial score (nSPS) is 10.7. The lowest BCUT2D eigenvalue weighted by molar-refractivity contribution is -0.121. The fourth-order valence-corrected chi connectivity index (χ4v) is 2.76. The zero-order valence-electron chi connectivity index (χ0n) is 16.2. The Morgan fingerprint density at radius 1 is 1.17 bits per heavy atom. The monoisotopic (exact) mass is 417 g/mol. The van der Waals surface area contributed by atoms with E-state index < -0.39 is 0 Å². The van der Waals surface area contributed by atoms with Crippen LogP contribution < -0.4 is 15.5 Å². The maximum atomic E-state index is 12.0. The summed E-state index contributed by atoms with van der Waals surface area (Å²) in [6.07, 6.45) is 4.07. The van der Waals surface area contributed by atoms with Crippen molar-refractivity contribution in [3.8, 4) is 11.5 Å². The number of phenols is 1.